The number of rotatable bonds is 2. The summed E-state index contributed by atoms with van der Waals surface area (Å²) in [6.45, 7) is 3.06. The number of piperidine rings is 1. The van der Waals surface area contributed by atoms with Crippen LogP contribution in [0.3, 0.4) is 0 Å². The zero-order valence-corrected chi connectivity index (χ0v) is 14.8. The molecule has 136 valence electrons. The van der Waals surface area contributed by atoms with Crippen molar-refractivity contribution < 1.29 is 9.18 Å². The van der Waals surface area contributed by atoms with Crippen LogP contribution in [0.2, 0.25) is 0 Å². The number of halogens is 1. The summed E-state index contributed by atoms with van der Waals surface area (Å²) in [5, 5.41) is 10.8. The van der Waals surface area contributed by atoms with Gasteiger partial charge in [-0.15, -0.1) is 0 Å². The van der Waals surface area contributed by atoms with Crippen molar-refractivity contribution in [3.8, 4) is 11.3 Å². The minimum atomic E-state index is -0.333. The van der Waals surface area contributed by atoms with Crippen LogP contribution >= 0.6 is 0 Å². The third-order valence-electron chi connectivity index (χ3n) is 6.66. The monoisotopic (exact) mass is 354 g/mol. The van der Waals surface area contributed by atoms with E-state index in [1.807, 2.05) is 4.90 Å². The van der Waals surface area contributed by atoms with Gasteiger partial charge in [0.15, 0.2) is 0 Å². The molecule has 5 rings (SSSR count). The highest BCUT2D eigenvalue weighted by molar-refractivity contribution is 5.94. The molecule has 1 saturated carbocycles. The number of nitrogens with one attached hydrogen (secondary N) is 2. The van der Waals surface area contributed by atoms with Crippen molar-refractivity contribution in [3.63, 3.8) is 0 Å². The van der Waals surface area contributed by atoms with Crippen LogP contribution in [0.15, 0.2) is 30.3 Å². The second-order valence-corrected chi connectivity index (χ2v) is 8.18. The zero-order chi connectivity index (χ0) is 17.9. The number of likely N-dealkylation sites (tertiary alicyclic amines) is 1. The van der Waals surface area contributed by atoms with Crippen molar-refractivity contribution in [3.05, 3.63) is 41.8 Å². The summed E-state index contributed by atoms with van der Waals surface area (Å²) in [5.41, 5.74) is 1.48. The first-order valence-corrected chi connectivity index (χ1v) is 9.43. The molecule has 2 bridgehead atoms. The van der Waals surface area contributed by atoms with Crippen molar-refractivity contribution in [2.24, 2.45) is 5.41 Å². The number of carbonyl (C=O) groups excluding carboxylic acids is 1. The van der Waals surface area contributed by atoms with Crippen LogP contribution in [0.5, 0.6) is 0 Å². The molecule has 5 nitrogen and oxygen atoms in total. The van der Waals surface area contributed by atoms with Gasteiger partial charge in [0.1, 0.15) is 11.5 Å². The summed E-state index contributed by atoms with van der Waals surface area (Å²) >= 11 is 0. The lowest BCUT2D eigenvalue weighted by molar-refractivity contribution is 0.0127. The molecule has 2 N–H and O–H groups in total. The molecule has 1 amide bonds. The van der Waals surface area contributed by atoms with E-state index in [9.17, 15) is 9.18 Å². The lowest BCUT2D eigenvalue weighted by atomic mass is 9.66. The highest BCUT2D eigenvalue weighted by Gasteiger charge is 2.56. The molecule has 3 heterocycles. The van der Waals surface area contributed by atoms with Crippen molar-refractivity contribution in [2.45, 2.75) is 50.7 Å². The van der Waals surface area contributed by atoms with E-state index in [0.29, 0.717) is 29.0 Å². The molecular formula is C20H23FN4O. The number of benzene rings is 1. The minimum absolute atomic E-state index is 0.0228. The largest absolute Gasteiger partial charge is 0.332 e. The van der Waals surface area contributed by atoms with Crippen LogP contribution in [0, 0.1) is 11.2 Å². The molecule has 2 aromatic rings. The van der Waals surface area contributed by atoms with E-state index in [-0.39, 0.29) is 23.2 Å². The molecule has 3 fully saturated rings. The van der Waals surface area contributed by atoms with Crippen LogP contribution < -0.4 is 5.32 Å². The number of amides is 1. The fourth-order valence-electron chi connectivity index (χ4n) is 5.44. The Hall–Kier alpha value is -2.21. The SMILES string of the molecule is C[C@@]12C[C@H]3CN(C(=O)c4cc(-c5ccccc5F)n[nH]4)[C@@H]1CCC[C@@H]2N3. The van der Waals surface area contributed by atoms with E-state index in [2.05, 4.69) is 22.4 Å². The lowest BCUT2D eigenvalue weighted by Crippen LogP contribution is -2.57. The van der Waals surface area contributed by atoms with Gasteiger partial charge in [0.25, 0.3) is 5.91 Å². The predicted molar refractivity (Wildman–Crippen MR) is 96.1 cm³/mol. The fraction of sp³-hybridized carbons (Fsp3) is 0.500. The average Bonchev–Trinajstić information content (AvgIpc) is 3.23. The highest BCUT2D eigenvalue weighted by Crippen LogP contribution is 2.50. The number of H-pyrrole nitrogens is 1. The normalized spacial score (nSPS) is 32.7. The third-order valence-corrected chi connectivity index (χ3v) is 6.66. The number of hydrogen-bond acceptors (Lipinski definition) is 3. The molecule has 0 radical (unpaired) electrons. The Morgan fingerprint density at radius 3 is 3.04 bits per heavy atom. The Balaban J connectivity index is 1.45. The quantitative estimate of drug-likeness (QED) is 0.872. The first-order valence-electron chi connectivity index (χ1n) is 9.43. The van der Waals surface area contributed by atoms with Gasteiger partial charge in [0, 0.05) is 35.6 Å². The van der Waals surface area contributed by atoms with E-state index in [0.717, 1.165) is 25.8 Å². The van der Waals surface area contributed by atoms with Gasteiger partial charge in [-0.25, -0.2) is 4.39 Å². The number of aromatic nitrogens is 2. The molecule has 26 heavy (non-hydrogen) atoms. The fourth-order valence-corrected chi connectivity index (χ4v) is 5.44. The standard InChI is InChI=1S/C20H23FN4O/c1-20-10-12-11-25(18(20)8-4-7-17(20)22-12)19(26)16-9-15(23-24-16)13-5-2-3-6-14(13)21/h2-3,5-6,9,12,17-18,22H,4,7-8,10-11H2,1H3,(H,23,24)/t12-,17-,18+,20-/m0/s1. The maximum absolute atomic E-state index is 14.0. The second kappa shape index (κ2) is 5.64. The lowest BCUT2D eigenvalue weighted by Gasteiger charge is -2.50. The van der Waals surface area contributed by atoms with Crippen LogP contribution in [-0.2, 0) is 0 Å². The highest BCUT2D eigenvalue weighted by atomic mass is 19.1. The molecule has 4 atom stereocenters. The van der Waals surface area contributed by atoms with E-state index in [4.69, 9.17) is 0 Å². The summed E-state index contributed by atoms with van der Waals surface area (Å²) in [4.78, 5) is 15.3. The summed E-state index contributed by atoms with van der Waals surface area (Å²) in [7, 11) is 0. The van der Waals surface area contributed by atoms with E-state index in [1.165, 1.54) is 12.5 Å². The van der Waals surface area contributed by atoms with Gasteiger partial charge >= 0.3 is 0 Å². The van der Waals surface area contributed by atoms with Gasteiger partial charge in [-0.2, -0.15) is 5.10 Å². The summed E-state index contributed by atoms with van der Waals surface area (Å²) in [6.07, 6.45) is 4.56. The average molecular weight is 354 g/mol. The summed E-state index contributed by atoms with van der Waals surface area (Å²) in [5.74, 6) is -0.355. The molecule has 1 aromatic carbocycles. The summed E-state index contributed by atoms with van der Waals surface area (Å²) < 4.78 is 14.0. The first-order chi connectivity index (χ1) is 12.6. The maximum Gasteiger partial charge on any atom is 0.272 e. The maximum atomic E-state index is 14.0. The number of aromatic amines is 1. The van der Waals surface area contributed by atoms with Crippen molar-refractivity contribution in [1.29, 1.82) is 0 Å². The molecule has 1 aromatic heterocycles. The second-order valence-electron chi connectivity index (χ2n) is 8.18. The minimum Gasteiger partial charge on any atom is -0.332 e. The molecule has 3 aliphatic rings. The molecule has 2 saturated heterocycles. The van der Waals surface area contributed by atoms with Gasteiger partial charge in [0.2, 0.25) is 0 Å². The van der Waals surface area contributed by atoms with Crippen molar-refractivity contribution in [1.82, 2.24) is 20.4 Å². The number of fused-ring (bicyclic) bond motifs is 1. The number of nitrogens with zero attached hydrogens (tertiary/aromatic N) is 2. The Morgan fingerprint density at radius 1 is 1.35 bits per heavy atom. The van der Waals surface area contributed by atoms with Gasteiger partial charge in [0.05, 0.1) is 5.69 Å². The number of carbonyl (C=O) groups is 1. The van der Waals surface area contributed by atoms with E-state index >= 15 is 0 Å². The van der Waals surface area contributed by atoms with Gasteiger partial charge in [-0.3, -0.25) is 9.89 Å². The molecule has 6 heteroatoms. The molecule has 2 aliphatic heterocycles. The molecule has 1 aliphatic carbocycles. The predicted octanol–water partition coefficient (Wildman–Crippen LogP) is 2.96. The van der Waals surface area contributed by atoms with Crippen molar-refractivity contribution >= 4 is 5.91 Å². The number of hydrogen-bond donors (Lipinski definition) is 2. The van der Waals surface area contributed by atoms with Crippen molar-refractivity contribution in [2.75, 3.05) is 6.54 Å². The van der Waals surface area contributed by atoms with Gasteiger partial charge in [-0.05, 0) is 43.9 Å². The molecular weight excluding hydrogens is 331 g/mol. The summed E-state index contributed by atoms with van der Waals surface area (Å²) in [6, 6.07) is 9.32. The van der Waals surface area contributed by atoms with Crippen LogP contribution in [-0.4, -0.2) is 45.7 Å². The Labute approximate surface area is 152 Å². The van der Waals surface area contributed by atoms with Gasteiger partial charge in [-0.1, -0.05) is 19.1 Å². The van der Waals surface area contributed by atoms with Crippen LogP contribution in [0.1, 0.15) is 43.1 Å². The van der Waals surface area contributed by atoms with E-state index < -0.39 is 0 Å². The van der Waals surface area contributed by atoms with Gasteiger partial charge < -0.3 is 10.2 Å². The molecule has 0 spiro atoms. The third kappa shape index (κ3) is 2.24. The smallest absolute Gasteiger partial charge is 0.272 e. The Morgan fingerprint density at radius 2 is 2.19 bits per heavy atom. The Bertz CT molecular complexity index is 865. The topological polar surface area (TPSA) is 61.0 Å². The molecule has 0 unspecified atom stereocenters. The first kappa shape index (κ1) is 16.0. The van der Waals surface area contributed by atoms with Crippen LogP contribution in [0.25, 0.3) is 11.3 Å². The van der Waals surface area contributed by atoms with Crippen LogP contribution in [0.4, 0.5) is 4.39 Å². The zero-order valence-electron chi connectivity index (χ0n) is 14.8. The van der Waals surface area contributed by atoms with E-state index in [1.54, 1.807) is 24.3 Å². The Kier molecular flexibility index (Phi) is 3.47.